The highest BCUT2D eigenvalue weighted by Gasteiger charge is 2.18. The molecule has 0 aliphatic rings. The second kappa shape index (κ2) is 13.2. The molecule has 39 heavy (non-hydrogen) atoms. The van der Waals surface area contributed by atoms with Gasteiger partial charge in [-0.15, -0.1) is 0 Å². The minimum atomic E-state index is -0.623. The van der Waals surface area contributed by atoms with Crippen LogP contribution in [0.1, 0.15) is 70.5 Å². The van der Waals surface area contributed by atoms with E-state index in [1.807, 2.05) is 0 Å². The van der Waals surface area contributed by atoms with E-state index in [2.05, 4.69) is 30.7 Å². The van der Waals surface area contributed by atoms with Crippen LogP contribution in [0, 0.1) is 0 Å². The Kier molecular flexibility index (Phi) is 9.79. The first-order valence-electron chi connectivity index (χ1n) is 11.9. The van der Waals surface area contributed by atoms with E-state index in [0.717, 1.165) is 0 Å². The Hall–Kier alpha value is -4.68. The summed E-state index contributed by atoms with van der Waals surface area (Å²) in [5, 5.41) is 12.0. The van der Waals surface area contributed by atoms with E-state index < -0.39 is 23.6 Å². The Morgan fingerprint density at radius 2 is 1.59 bits per heavy atom. The average molecular weight is 543 g/mol. The number of rotatable bonds is 12. The zero-order chi connectivity index (χ0) is 28.4. The number of hydrogen-bond donors (Lipinski definition) is 3. The molecule has 3 N–H and O–H groups in total. The molecule has 0 aliphatic heterocycles. The smallest absolute Gasteiger partial charge is 0.408 e. The fraction of sp³-hybridized carbons (Fsp3) is 0.400. The van der Waals surface area contributed by atoms with Gasteiger partial charge in [0.15, 0.2) is 5.76 Å². The van der Waals surface area contributed by atoms with Crippen LogP contribution in [0.5, 0.6) is 0 Å². The molecule has 0 spiro atoms. The van der Waals surface area contributed by atoms with E-state index in [-0.39, 0.29) is 37.7 Å². The number of alkyl carbamates (subject to hydrolysis) is 1. The first kappa shape index (κ1) is 28.9. The Balaban J connectivity index is 1.54. The molecule has 3 rings (SSSR count). The van der Waals surface area contributed by atoms with Crippen LogP contribution >= 0.6 is 0 Å². The van der Waals surface area contributed by atoms with Crippen molar-refractivity contribution in [1.29, 1.82) is 0 Å². The normalized spacial score (nSPS) is 11.0. The van der Waals surface area contributed by atoms with Crippen LogP contribution in [0.3, 0.4) is 0 Å². The highest BCUT2D eigenvalue weighted by Crippen LogP contribution is 2.18. The first-order chi connectivity index (χ1) is 18.6. The van der Waals surface area contributed by atoms with E-state index >= 15 is 0 Å². The van der Waals surface area contributed by atoms with Crippen molar-refractivity contribution in [3.8, 4) is 0 Å². The SMILES string of the molecule is COC(=O)c1ccc(CNC(=O)c2cc(CN=[N+]=[N-])c(CNCc3ccc(CNC(=O)OC(C)(C)C)o3)o2)o1. The van der Waals surface area contributed by atoms with E-state index in [0.29, 0.717) is 35.1 Å². The summed E-state index contributed by atoms with van der Waals surface area (Å²) >= 11 is 0. The van der Waals surface area contributed by atoms with Gasteiger partial charge in [-0.1, -0.05) is 5.11 Å². The Labute approximate surface area is 223 Å². The summed E-state index contributed by atoms with van der Waals surface area (Å²) in [5.41, 5.74) is 8.65. The number of carbonyl (C=O) groups is 3. The Morgan fingerprint density at radius 1 is 0.923 bits per heavy atom. The molecule has 0 fully saturated rings. The van der Waals surface area contributed by atoms with Crippen molar-refractivity contribution >= 4 is 18.0 Å². The van der Waals surface area contributed by atoms with Gasteiger partial charge in [-0.25, -0.2) is 9.59 Å². The van der Waals surface area contributed by atoms with Crippen molar-refractivity contribution in [3.63, 3.8) is 0 Å². The summed E-state index contributed by atoms with van der Waals surface area (Å²) in [6, 6.07) is 7.99. The fourth-order valence-electron chi connectivity index (χ4n) is 3.29. The molecule has 14 nitrogen and oxygen atoms in total. The second-order valence-electron chi connectivity index (χ2n) is 9.22. The standard InChI is InChI=1S/C25H30N6O8/c1-25(2,3)39-24(34)29-13-17-6-5-16(36-17)11-27-14-21-15(10-30-31-26)9-20(38-21)22(32)28-12-18-7-8-19(37-18)23(33)35-4/h5-9,27H,10-14H2,1-4H3,(H,28,32)(H,29,34). The van der Waals surface area contributed by atoms with Crippen molar-refractivity contribution in [2.75, 3.05) is 7.11 Å². The van der Waals surface area contributed by atoms with Crippen molar-refractivity contribution in [2.45, 2.75) is 59.1 Å². The molecule has 0 bridgehead atoms. The molecule has 0 atom stereocenters. The van der Waals surface area contributed by atoms with Crippen LogP contribution in [0.2, 0.25) is 0 Å². The predicted molar refractivity (Wildman–Crippen MR) is 135 cm³/mol. The maximum Gasteiger partial charge on any atom is 0.408 e. The third kappa shape index (κ3) is 8.98. The number of azide groups is 1. The molecule has 0 saturated carbocycles. The highest BCUT2D eigenvalue weighted by atomic mass is 16.6. The minimum Gasteiger partial charge on any atom is -0.463 e. The average Bonchev–Trinajstić information content (AvgIpc) is 3.63. The van der Waals surface area contributed by atoms with Crippen molar-refractivity contribution < 1.29 is 37.1 Å². The lowest BCUT2D eigenvalue weighted by Crippen LogP contribution is -2.32. The van der Waals surface area contributed by atoms with Gasteiger partial charge in [0.25, 0.3) is 5.91 Å². The Morgan fingerprint density at radius 3 is 2.28 bits per heavy atom. The molecular formula is C25H30N6O8. The van der Waals surface area contributed by atoms with Gasteiger partial charge >= 0.3 is 12.1 Å². The number of amides is 2. The summed E-state index contributed by atoms with van der Waals surface area (Å²) in [7, 11) is 1.24. The predicted octanol–water partition coefficient (Wildman–Crippen LogP) is 4.31. The summed E-state index contributed by atoms with van der Waals surface area (Å²) in [4.78, 5) is 38.7. The van der Waals surface area contributed by atoms with Gasteiger partial charge in [0.05, 0.1) is 39.8 Å². The van der Waals surface area contributed by atoms with Gasteiger partial charge < -0.3 is 38.7 Å². The molecule has 0 saturated heterocycles. The monoisotopic (exact) mass is 542 g/mol. The third-order valence-corrected chi connectivity index (χ3v) is 5.00. The lowest BCUT2D eigenvalue weighted by atomic mass is 10.2. The zero-order valence-corrected chi connectivity index (χ0v) is 22.0. The number of carbonyl (C=O) groups excluding carboxylic acids is 3. The van der Waals surface area contributed by atoms with E-state index in [4.69, 9.17) is 23.5 Å². The number of nitrogens with zero attached hydrogens (tertiary/aromatic N) is 3. The number of ether oxygens (including phenoxy) is 2. The lowest BCUT2D eigenvalue weighted by Gasteiger charge is -2.19. The molecule has 3 aromatic rings. The van der Waals surface area contributed by atoms with Gasteiger partial charge in [-0.05, 0) is 56.6 Å². The van der Waals surface area contributed by atoms with Gasteiger partial charge in [0, 0.05) is 10.5 Å². The van der Waals surface area contributed by atoms with Crippen LogP contribution in [-0.2, 0) is 42.2 Å². The molecule has 208 valence electrons. The van der Waals surface area contributed by atoms with Gasteiger partial charge in [0.2, 0.25) is 5.76 Å². The second-order valence-corrected chi connectivity index (χ2v) is 9.22. The fourth-order valence-corrected chi connectivity index (χ4v) is 3.29. The zero-order valence-electron chi connectivity index (χ0n) is 22.0. The molecule has 2 amide bonds. The number of hydrogen-bond acceptors (Lipinski definition) is 10. The van der Waals surface area contributed by atoms with Gasteiger partial charge in [0.1, 0.15) is 28.6 Å². The topological polar surface area (TPSA) is 194 Å². The summed E-state index contributed by atoms with van der Waals surface area (Å²) in [6.45, 7) is 6.06. The number of esters is 1. The van der Waals surface area contributed by atoms with Crippen LogP contribution in [0.25, 0.3) is 10.4 Å². The molecule has 3 aromatic heterocycles. The Bertz CT molecular complexity index is 1340. The van der Waals surface area contributed by atoms with Crippen molar-refractivity contribution in [3.05, 3.63) is 80.9 Å². The maximum absolute atomic E-state index is 12.6. The van der Waals surface area contributed by atoms with Crippen LogP contribution < -0.4 is 16.0 Å². The third-order valence-electron chi connectivity index (χ3n) is 5.00. The van der Waals surface area contributed by atoms with Crippen molar-refractivity contribution in [2.24, 2.45) is 5.11 Å². The molecule has 14 heteroatoms. The summed E-state index contributed by atoms with van der Waals surface area (Å²) < 4.78 is 26.5. The molecular weight excluding hydrogens is 512 g/mol. The number of methoxy groups -OCH3 is 1. The molecule has 0 aromatic carbocycles. The van der Waals surface area contributed by atoms with Gasteiger partial charge in [-0.2, -0.15) is 0 Å². The van der Waals surface area contributed by atoms with Crippen LogP contribution in [-0.4, -0.2) is 30.7 Å². The summed E-state index contributed by atoms with van der Waals surface area (Å²) in [5.74, 6) is 0.823. The molecule has 0 unspecified atom stereocenters. The molecule has 3 heterocycles. The van der Waals surface area contributed by atoms with E-state index in [9.17, 15) is 14.4 Å². The van der Waals surface area contributed by atoms with E-state index in [1.54, 1.807) is 39.0 Å². The lowest BCUT2D eigenvalue weighted by molar-refractivity contribution is 0.0517. The number of nitrogens with one attached hydrogen (secondary N) is 3. The van der Waals surface area contributed by atoms with Crippen LogP contribution in [0.15, 0.2) is 48.7 Å². The molecule has 0 aliphatic carbocycles. The first-order valence-corrected chi connectivity index (χ1v) is 11.9. The van der Waals surface area contributed by atoms with Gasteiger partial charge in [-0.3, -0.25) is 4.79 Å². The maximum atomic E-state index is 12.6. The summed E-state index contributed by atoms with van der Waals surface area (Å²) in [6.07, 6.45) is -0.543. The molecule has 0 radical (unpaired) electrons. The highest BCUT2D eigenvalue weighted by molar-refractivity contribution is 5.91. The quantitative estimate of drug-likeness (QED) is 0.129. The van der Waals surface area contributed by atoms with Crippen molar-refractivity contribution in [1.82, 2.24) is 16.0 Å². The van der Waals surface area contributed by atoms with Crippen LogP contribution in [0.4, 0.5) is 4.79 Å². The van der Waals surface area contributed by atoms with E-state index in [1.165, 1.54) is 19.2 Å². The largest absolute Gasteiger partial charge is 0.463 e. The number of furan rings is 3. The minimum absolute atomic E-state index is 0.00774.